The van der Waals surface area contributed by atoms with Gasteiger partial charge < -0.3 is 5.32 Å². The van der Waals surface area contributed by atoms with Gasteiger partial charge in [0.05, 0.1) is 0 Å². The number of guanidine groups is 1. The van der Waals surface area contributed by atoms with Gasteiger partial charge in [0.2, 0.25) is 0 Å². The lowest BCUT2D eigenvalue weighted by molar-refractivity contribution is -0.126. The van der Waals surface area contributed by atoms with E-state index in [1.807, 2.05) is 6.92 Å². The van der Waals surface area contributed by atoms with Crippen molar-refractivity contribution in [1.29, 1.82) is 0 Å². The second kappa shape index (κ2) is 4.07. The molecule has 0 aromatic heterocycles. The first-order chi connectivity index (χ1) is 7.57. The Morgan fingerprint density at radius 3 is 2.81 bits per heavy atom. The summed E-state index contributed by atoms with van der Waals surface area (Å²) in [5, 5.41) is 6.15. The smallest absolute Gasteiger partial charge is 0.252 e. The first-order valence-electron chi connectivity index (χ1n) is 6.21. The molecule has 90 valence electrons. The summed E-state index contributed by atoms with van der Waals surface area (Å²) < 4.78 is 0. The molecule has 0 radical (unpaired) electrons. The minimum Gasteiger partial charge on any atom is -0.342 e. The van der Waals surface area contributed by atoms with Gasteiger partial charge in [0.15, 0.2) is 5.96 Å². The van der Waals surface area contributed by atoms with E-state index in [2.05, 4.69) is 29.5 Å². The third-order valence-electron chi connectivity index (χ3n) is 4.01. The number of nitrogens with zero attached hydrogens (tertiary/aromatic N) is 1. The fraction of sp³-hybridized carbons (Fsp3) is 0.833. The normalized spacial score (nSPS) is 41.2. The lowest BCUT2D eigenvalue weighted by Gasteiger charge is -2.38. The summed E-state index contributed by atoms with van der Waals surface area (Å²) in [6.45, 7) is 7.17. The lowest BCUT2D eigenvalue weighted by atomic mass is 9.71. The highest BCUT2D eigenvalue weighted by molar-refractivity contribution is 6.09. The molecule has 3 atom stereocenters. The van der Waals surface area contributed by atoms with Crippen LogP contribution in [0.25, 0.3) is 0 Å². The van der Waals surface area contributed by atoms with Crippen LogP contribution >= 0.6 is 0 Å². The molecule has 2 aliphatic rings. The Morgan fingerprint density at radius 1 is 1.44 bits per heavy atom. The van der Waals surface area contributed by atoms with Crippen LogP contribution in [0.5, 0.6) is 0 Å². The van der Waals surface area contributed by atoms with E-state index in [1.54, 1.807) is 0 Å². The maximum Gasteiger partial charge on any atom is 0.252 e. The largest absolute Gasteiger partial charge is 0.342 e. The molecule has 0 aromatic rings. The molecule has 0 bridgehead atoms. The number of carbonyl (C=O) groups excluding carboxylic acids is 1. The van der Waals surface area contributed by atoms with Crippen molar-refractivity contribution < 1.29 is 4.79 Å². The first-order valence-corrected chi connectivity index (χ1v) is 6.21. The van der Waals surface area contributed by atoms with E-state index in [0.717, 1.165) is 19.3 Å². The standard InChI is InChI=1S/C12H21N3O/c1-4-13-11-14-10(16)12(15-11)6-5-8(2)9(3)7-12/h8-9H,4-7H2,1-3H3,(H2,13,14,15,16). The van der Waals surface area contributed by atoms with Gasteiger partial charge in [-0.25, -0.2) is 0 Å². The Morgan fingerprint density at radius 2 is 2.19 bits per heavy atom. The Labute approximate surface area is 96.9 Å². The van der Waals surface area contributed by atoms with Crippen molar-refractivity contribution in [3.05, 3.63) is 0 Å². The topological polar surface area (TPSA) is 53.5 Å². The third kappa shape index (κ3) is 1.81. The molecule has 3 unspecified atom stereocenters. The molecule has 1 saturated carbocycles. The molecule has 1 heterocycles. The maximum absolute atomic E-state index is 12.0. The quantitative estimate of drug-likeness (QED) is 0.703. The molecule has 1 amide bonds. The number of hydrogen-bond acceptors (Lipinski definition) is 2. The van der Waals surface area contributed by atoms with Crippen LogP contribution in [0.3, 0.4) is 0 Å². The van der Waals surface area contributed by atoms with E-state index in [0.29, 0.717) is 24.3 Å². The van der Waals surface area contributed by atoms with Crippen LogP contribution in [0, 0.1) is 11.8 Å². The van der Waals surface area contributed by atoms with Crippen LogP contribution in [0.15, 0.2) is 4.99 Å². The minimum atomic E-state index is -0.375. The van der Waals surface area contributed by atoms with Crippen molar-refractivity contribution in [2.24, 2.45) is 16.8 Å². The fourth-order valence-corrected chi connectivity index (χ4v) is 2.71. The highest BCUT2D eigenvalue weighted by atomic mass is 16.2. The van der Waals surface area contributed by atoms with Gasteiger partial charge in [0, 0.05) is 6.54 Å². The zero-order valence-electron chi connectivity index (χ0n) is 10.3. The molecule has 16 heavy (non-hydrogen) atoms. The summed E-state index contributed by atoms with van der Waals surface area (Å²) in [4.78, 5) is 16.3. The number of hydrogen-bond donors (Lipinski definition) is 2. The minimum absolute atomic E-state index is 0.110. The van der Waals surface area contributed by atoms with Crippen molar-refractivity contribution in [1.82, 2.24) is 10.6 Å². The van der Waals surface area contributed by atoms with Crippen LogP contribution in [0.4, 0.5) is 0 Å². The predicted molar refractivity (Wildman–Crippen MR) is 64.2 cm³/mol. The Balaban J connectivity index is 2.14. The van der Waals surface area contributed by atoms with E-state index in [4.69, 9.17) is 0 Å². The van der Waals surface area contributed by atoms with Gasteiger partial charge in [0.1, 0.15) is 5.54 Å². The molecular formula is C12H21N3O. The van der Waals surface area contributed by atoms with Crippen molar-refractivity contribution in [3.8, 4) is 0 Å². The predicted octanol–water partition coefficient (Wildman–Crippen LogP) is 1.28. The average molecular weight is 223 g/mol. The molecule has 4 nitrogen and oxygen atoms in total. The Bertz CT molecular complexity index is 326. The Kier molecular flexibility index (Phi) is 2.91. The van der Waals surface area contributed by atoms with Gasteiger partial charge in [-0.3, -0.25) is 15.1 Å². The van der Waals surface area contributed by atoms with Gasteiger partial charge in [-0.2, -0.15) is 0 Å². The van der Waals surface area contributed by atoms with E-state index in [9.17, 15) is 4.79 Å². The molecule has 1 aliphatic heterocycles. The SMILES string of the molecule is CCN=C1NC(=O)C2(CCC(C)C(C)C2)N1. The summed E-state index contributed by atoms with van der Waals surface area (Å²) in [6, 6.07) is 0. The van der Waals surface area contributed by atoms with E-state index in [1.165, 1.54) is 0 Å². The second-order valence-electron chi connectivity index (χ2n) is 5.18. The summed E-state index contributed by atoms with van der Waals surface area (Å²) in [5.41, 5.74) is -0.375. The maximum atomic E-state index is 12.0. The third-order valence-corrected chi connectivity index (χ3v) is 4.01. The van der Waals surface area contributed by atoms with Crippen molar-refractivity contribution >= 4 is 11.9 Å². The molecule has 1 spiro atoms. The number of amides is 1. The molecule has 4 heteroatoms. The molecule has 0 aromatic carbocycles. The fourth-order valence-electron chi connectivity index (χ4n) is 2.71. The highest BCUT2D eigenvalue weighted by Gasteiger charge is 2.48. The van der Waals surface area contributed by atoms with Gasteiger partial charge >= 0.3 is 0 Å². The van der Waals surface area contributed by atoms with Crippen LogP contribution < -0.4 is 10.6 Å². The highest BCUT2D eigenvalue weighted by Crippen LogP contribution is 2.37. The van der Waals surface area contributed by atoms with Crippen LogP contribution in [0.1, 0.15) is 40.0 Å². The number of aliphatic imine (C=N–C) groups is 1. The molecule has 2 fully saturated rings. The second-order valence-corrected chi connectivity index (χ2v) is 5.18. The summed E-state index contributed by atoms with van der Waals surface area (Å²) in [5.74, 6) is 2.08. The molecule has 2 rings (SSSR count). The van der Waals surface area contributed by atoms with E-state index < -0.39 is 0 Å². The summed E-state index contributed by atoms with van der Waals surface area (Å²) >= 11 is 0. The van der Waals surface area contributed by atoms with Crippen LogP contribution in [0.2, 0.25) is 0 Å². The molecular weight excluding hydrogens is 202 g/mol. The Hall–Kier alpha value is -1.06. The zero-order chi connectivity index (χ0) is 11.8. The van der Waals surface area contributed by atoms with Gasteiger partial charge in [0.25, 0.3) is 5.91 Å². The van der Waals surface area contributed by atoms with Crippen LogP contribution in [-0.2, 0) is 4.79 Å². The molecule has 1 aliphatic carbocycles. The zero-order valence-corrected chi connectivity index (χ0v) is 10.3. The number of carbonyl (C=O) groups is 1. The molecule has 2 N–H and O–H groups in total. The van der Waals surface area contributed by atoms with E-state index >= 15 is 0 Å². The van der Waals surface area contributed by atoms with Crippen molar-refractivity contribution in [3.63, 3.8) is 0 Å². The van der Waals surface area contributed by atoms with Crippen molar-refractivity contribution in [2.45, 2.75) is 45.6 Å². The van der Waals surface area contributed by atoms with Crippen molar-refractivity contribution in [2.75, 3.05) is 6.54 Å². The lowest BCUT2D eigenvalue weighted by Crippen LogP contribution is -2.51. The van der Waals surface area contributed by atoms with Gasteiger partial charge in [-0.1, -0.05) is 13.8 Å². The number of nitrogens with one attached hydrogen (secondary N) is 2. The van der Waals surface area contributed by atoms with Crippen LogP contribution in [-0.4, -0.2) is 24.0 Å². The summed E-state index contributed by atoms with van der Waals surface area (Å²) in [6.07, 6.45) is 2.96. The van der Waals surface area contributed by atoms with Gasteiger partial charge in [-0.15, -0.1) is 0 Å². The van der Waals surface area contributed by atoms with E-state index in [-0.39, 0.29) is 11.4 Å². The first kappa shape index (κ1) is 11.4. The summed E-state index contributed by atoms with van der Waals surface area (Å²) in [7, 11) is 0. The average Bonchev–Trinajstić information content (AvgIpc) is 2.51. The molecule has 1 saturated heterocycles. The monoisotopic (exact) mass is 223 g/mol. The van der Waals surface area contributed by atoms with Gasteiger partial charge in [-0.05, 0) is 38.0 Å². The number of rotatable bonds is 1.